The molecule has 0 saturated heterocycles. The standard InChI is InChI=1S/C21H21ClN4/c22-19-7-5-16(6-8-19)9-12-23-20-10-13-24-21(25-20)26-14-11-17-3-1-2-4-18(17)15-26/h1-8,10,13H,9,11-12,14-15H2,(H,23,24,25). The van der Waals surface area contributed by atoms with Crippen LogP contribution in [0.25, 0.3) is 0 Å². The van der Waals surface area contributed by atoms with Crippen LogP contribution >= 0.6 is 11.6 Å². The number of rotatable bonds is 5. The second kappa shape index (κ2) is 7.75. The fourth-order valence-electron chi connectivity index (χ4n) is 3.25. The summed E-state index contributed by atoms with van der Waals surface area (Å²) in [5, 5.41) is 4.16. The van der Waals surface area contributed by atoms with E-state index in [-0.39, 0.29) is 0 Å². The number of nitrogens with one attached hydrogen (secondary N) is 1. The van der Waals surface area contributed by atoms with Crippen LogP contribution in [0, 0.1) is 0 Å². The predicted octanol–water partition coefficient (Wildman–Crippen LogP) is 4.35. The Balaban J connectivity index is 1.38. The lowest BCUT2D eigenvalue weighted by Crippen LogP contribution is -2.31. The molecular weight excluding hydrogens is 344 g/mol. The van der Waals surface area contributed by atoms with Crippen LogP contribution in [0.1, 0.15) is 16.7 Å². The van der Waals surface area contributed by atoms with E-state index in [1.807, 2.05) is 24.4 Å². The molecular formula is C21H21ClN4. The average molecular weight is 365 g/mol. The summed E-state index contributed by atoms with van der Waals surface area (Å²) in [7, 11) is 0. The molecule has 1 N–H and O–H groups in total. The van der Waals surface area contributed by atoms with Crippen LogP contribution in [0.5, 0.6) is 0 Å². The molecule has 0 saturated carbocycles. The minimum absolute atomic E-state index is 0.769. The van der Waals surface area contributed by atoms with Crippen molar-refractivity contribution in [2.75, 3.05) is 23.3 Å². The maximum absolute atomic E-state index is 5.93. The van der Waals surface area contributed by atoms with Crippen molar-refractivity contribution in [3.05, 3.63) is 82.5 Å². The van der Waals surface area contributed by atoms with Gasteiger partial charge in [-0.05, 0) is 47.7 Å². The number of halogens is 1. The van der Waals surface area contributed by atoms with Gasteiger partial charge < -0.3 is 10.2 Å². The van der Waals surface area contributed by atoms with Crippen molar-refractivity contribution >= 4 is 23.4 Å². The third-order valence-corrected chi connectivity index (χ3v) is 4.94. The van der Waals surface area contributed by atoms with Gasteiger partial charge in [0.05, 0.1) is 0 Å². The minimum Gasteiger partial charge on any atom is -0.370 e. The normalized spacial score (nSPS) is 13.3. The largest absolute Gasteiger partial charge is 0.370 e. The van der Waals surface area contributed by atoms with Crippen molar-refractivity contribution in [3.8, 4) is 0 Å². The highest BCUT2D eigenvalue weighted by Crippen LogP contribution is 2.22. The zero-order valence-corrected chi connectivity index (χ0v) is 15.3. The van der Waals surface area contributed by atoms with E-state index < -0.39 is 0 Å². The Morgan fingerprint density at radius 2 is 1.81 bits per heavy atom. The first kappa shape index (κ1) is 16.9. The van der Waals surface area contributed by atoms with Crippen molar-refractivity contribution in [3.63, 3.8) is 0 Å². The van der Waals surface area contributed by atoms with Gasteiger partial charge in [0.15, 0.2) is 0 Å². The highest BCUT2D eigenvalue weighted by Gasteiger charge is 2.18. The van der Waals surface area contributed by atoms with Gasteiger partial charge in [-0.15, -0.1) is 0 Å². The zero-order valence-electron chi connectivity index (χ0n) is 14.5. The van der Waals surface area contributed by atoms with Crippen molar-refractivity contribution in [1.29, 1.82) is 0 Å². The third-order valence-electron chi connectivity index (χ3n) is 4.69. The van der Waals surface area contributed by atoms with E-state index in [1.165, 1.54) is 16.7 Å². The fraction of sp³-hybridized carbons (Fsp3) is 0.238. The summed E-state index contributed by atoms with van der Waals surface area (Å²) in [4.78, 5) is 11.4. The second-order valence-electron chi connectivity index (χ2n) is 6.49. The molecule has 1 aromatic heterocycles. The molecule has 4 rings (SSSR count). The molecule has 0 amide bonds. The van der Waals surface area contributed by atoms with Crippen LogP contribution in [0.15, 0.2) is 60.8 Å². The van der Waals surface area contributed by atoms with E-state index in [0.29, 0.717) is 0 Å². The van der Waals surface area contributed by atoms with E-state index >= 15 is 0 Å². The second-order valence-corrected chi connectivity index (χ2v) is 6.92. The van der Waals surface area contributed by atoms with Crippen molar-refractivity contribution < 1.29 is 0 Å². The van der Waals surface area contributed by atoms with Crippen LogP contribution in [-0.2, 0) is 19.4 Å². The Hall–Kier alpha value is -2.59. The molecule has 5 heteroatoms. The Morgan fingerprint density at radius 3 is 2.65 bits per heavy atom. The van der Waals surface area contributed by atoms with Gasteiger partial charge >= 0.3 is 0 Å². The molecule has 4 nitrogen and oxygen atoms in total. The van der Waals surface area contributed by atoms with Crippen LogP contribution in [-0.4, -0.2) is 23.1 Å². The molecule has 0 fully saturated rings. The van der Waals surface area contributed by atoms with Gasteiger partial charge in [0.25, 0.3) is 0 Å². The van der Waals surface area contributed by atoms with E-state index in [1.54, 1.807) is 0 Å². The number of nitrogens with zero attached hydrogens (tertiary/aromatic N) is 3. The topological polar surface area (TPSA) is 41.1 Å². The Labute approximate surface area is 158 Å². The predicted molar refractivity (Wildman–Crippen MR) is 107 cm³/mol. The molecule has 0 atom stereocenters. The maximum atomic E-state index is 5.93. The quantitative estimate of drug-likeness (QED) is 0.730. The minimum atomic E-state index is 0.769. The monoisotopic (exact) mass is 364 g/mol. The molecule has 0 radical (unpaired) electrons. The summed E-state index contributed by atoms with van der Waals surface area (Å²) in [6.45, 7) is 2.64. The number of hydrogen-bond acceptors (Lipinski definition) is 4. The highest BCUT2D eigenvalue weighted by molar-refractivity contribution is 6.30. The lowest BCUT2D eigenvalue weighted by molar-refractivity contribution is 0.708. The van der Waals surface area contributed by atoms with Gasteiger partial charge in [-0.25, -0.2) is 4.98 Å². The molecule has 2 aromatic carbocycles. The summed E-state index contributed by atoms with van der Waals surface area (Å²) in [5.41, 5.74) is 4.05. The van der Waals surface area contributed by atoms with Gasteiger partial charge in [0, 0.05) is 30.9 Å². The molecule has 0 unspecified atom stereocenters. The van der Waals surface area contributed by atoms with E-state index in [0.717, 1.165) is 49.3 Å². The van der Waals surface area contributed by atoms with E-state index in [9.17, 15) is 0 Å². The van der Waals surface area contributed by atoms with Crippen molar-refractivity contribution in [2.45, 2.75) is 19.4 Å². The van der Waals surface area contributed by atoms with Crippen LogP contribution < -0.4 is 10.2 Å². The summed E-state index contributed by atoms with van der Waals surface area (Å²) < 4.78 is 0. The smallest absolute Gasteiger partial charge is 0.227 e. The zero-order chi connectivity index (χ0) is 17.8. The van der Waals surface area contributed by atoms with E-state index in [4.69, 9.17) is 16.6 Å². The molecule has 26 heavy (non-hydrogen) atoms. The van der Waals surface area contributed by atoms with Crippen LogP contribution in [0.2, 0.25) is 5.02 Å². The first-order chi connectivity index (χ1) is 12.8. The summed E-state index contributed by atoms with van der Waals surface area (Å²) in [6, 6.07) is 18.5. The lowest BCUT2D eigenvalue weighted by Gasteiger charge is -2.28. The number of aromatic nitrogens is 2. The average Bonchev–Trinajstić information content (AvgIpc) is 2.69. The molecule has 2 heterocycles. The highest BCUT2D eigenvalue weighted by atomic mass is 35.5. The molecule has 3 aromatic rings. The molecule has 0 bridgehead atoms. The maximum Gasteiger partial charge on any atom is 0.227 e. The van der Waals surface area contributed by atoms with E-state index in [2.05, 4.69) is 51.6 Å². The Morgan fingerprint density at radius 1 is 1.00 bits per heavy atom. The summed E-state index contributed by atoms with van der Waals surface area (Å²) in [5.74, 6) is 1.65. The van der Waals surface area contributed by atoms with Crippen molar-refractivity contribution in [1.82, 2.24) is 9.97 Å². The Bertz CT molecular complexity index is 879. The number of benzene rings is 2. The van der Waals surface area contributed by atoms with Crippen LogP contribution in [0.3, 0.4) is 0 Å². The van der Waals surface area contributed by atoms with Crippen molar-refractivity contribution in [2.24, 2.45) is 0 Å². The lowest BCUT2D eigenvalue weighted by atomic mass is 10.0. The SMILES string of the molecule is Clc1ccc(CCNc2ccnc(N3CCc4ccccc4C3)n2)cc1. The third kappa shape index (κ3) is 3.97. The van der Waals surface area contributed by atoms with Gasteiger partial charge in [0.2, 0.25) is 5.95 Å². The fourth-order valence-corrected chi connectivity index (χ4v) is 3.38. The summed E-state index contributed by atoms with van der Waals surface area (Å²) in [6.07, 6.45) is 3.79. The van der Waals surface area contributed by atoms with Crippen LogP contribution in [0.4, 0.5) is 11.8 Å². The summed E-state index contributed by atoms with van der Waals surface area (Å²) >= 11 is 5.93. The number of anilines is 2. The molecule has 1 aliphatic heterocycles. The van der Waals surface area contributed by atoms with Gasteiger partial charge in [0.1, 0.15) is 5.82 Å². The number of hydrogen-bond donors (Lipinski definition) is 1. The molecule has 0 spiro atoms. The van der Waals surface area contributed by atoms with Gasteiger partial charge in [-0.1, -0.05) is 48.0 Å². The number of fused-ring (bicyclic) bond motifs is 1. The molecule has 1 aliphatic rings. The Kier molecular flexibility index (Phi) is 5.02. The first-order valence-electron chi connectivity index (χ1n) is 8.91. The van der Waals surface area contributed by atoms with Gasteiger partial charge in [-0.3, -0.25) is 0 Å². The molecule has 0 aliphatic carbocycles. The van der Waals surface area contributed by atoms with Gasteiger partial charge in [-0.2, -0.15) is 4.98 Å². The first-order valence-corrected chi connectivity index (χ1v) is 9.29. The molecule has 132 valence electrons.